The molecule has 1 atom stereocenters. The van der Waals surface area contributed by atoms with E-state index in [0.717, 1.165) is 41.4 Å². The smallest absolute Gasteiger partial charge is 0.251 e. The predicted molar refractivity (Wildman–Crippen MR) is 101 cm³/mol. The minimum absolute atomic E-state index is 0.0609. The highest BCUT2D eigenvalue weighted by Crippen LogP contribution is 2.27. The molecule has 2 aromatic carbocycles. The van der Waals surface area contributed by atoms with Crippen molar-refractivity contribution >= 4 is 23.2 Å². The molecule has 2 aliphatic heterocycles. The van der Waals surface area contributed by atoms with E-state index in [1.807, 2.05) is 24.3 Å². The number of phenolic OH excluding ortho intramolecular Hbond substituents is 1. The second kappa shape index (κ2) is 7.09. The average Bonchev–Trinajstić information content (AvgIpc) is 2.90. The maximum absolute atomic E-state index is 12.7. The Morgan fingerprint density at radius 3 is 2.65 bits per heavy atom. The number of carbonyl (C=O) groups is 1. The van der Waals surface area contributed by atoms with Crippen LogP contribution in [-0.4, -0.2) is 39.7 Å². The van der Waals surface area contributed by atoms with Crippen molar-refractivity contribution in [2.75, 3.05) is 13.1 Å². The summed E-state index contributed by atoms with van der Waals surface area (Å²) in [6.07, 6.45) is 0.786. The number of fused-ring (bicyclic) bond motifs is 1. The lowest BCUT2D eigenvalue weighted by molar-refractivity contribution is -0.132. The van der Waals surface area contributed by atoms with Crippen molar-refractivity contribution in [3.8, 4) is 5.75 Å². The molecule has 0 spiro atoms. The normalized spacial score (nSPS) is 20.2. The van der Waals surface area contributed by atoms with Crippen LogP contribution >= 0.6 is 11.6 Å². The van der Waals surface area contributed by atoms with Crippen LogP contribution in [0.15, 0.2) is 53.6 Å². The summed E-state index contributed by atoms with van der Waals surface area (Å²) in [4.78, 5) is 14.9. The molecule has 1 saturated heterocycles. The van der Waals surface area contributed by atoms with Crippen LogP contribution in [0.3, 0.4) is 0 Å². The minimum atomic E-state index is -0.108. The topological polar surface area (TPSA) is 56.1 Å². The van der Waals surface area contributed by atoms with E-state index in [9.17, 15) is 9.90 Å². The second-order valence-corrected chi connectivity index (χ2v) is 7.28. The standard InChI is InChI=1S/C20H20ClN3O2/c21-16-5-1-3-14(9-16)11-23-8-7-18-19(13-23)22-24(20(18)26)12-15-4-2-6-17(25)10-15/h1-6,9-10,18,25H,7-8,11-13H2. The molecule has 1 unspecified atom stereocenters. The third-order valence-corrected chi connectivity index (χ3v) is 5.10. The molecular weight excluding hydrogens is 350 g/mol. The highest BCUT2D eigenvalue weighted by Gasteiger charge is 2.39. The van der Waals surface area contributed by atoms with Crippen molar-refractivity contribution < 1.29 is 9.90 Å². The summed E-state index contributed by atoms with van der Waals surface area (Å²) in [6, 6.07) is 14.8. The Morgan fingerprint density at radius 1 is 1.12 bits per heavy atom. The van der Waals surface area contributed by atoms with Crippen molar-refractivity contribution in [3.05, 3.63) is 64.7 Å². The Bertz CT molecular complexity index is 868. The molecule has 0 aromatic heterocycles. The molecular formula is C20H20ClN3O2. The van der Waals surface area contributed by atoms with Crippen LogP contribution in [-0.2, 0) is 17.9 Å². The summed E-state index contributed by atoms with van der Waals surface area (Å²) in [5.41, 5.74) is 2.97. The molecule has 134 valence electrons. The first-order valence-electron chi connectivity index (χ1n) is 8.72. The highest BCUT2D eigenvalue weighted by atomic mass is 35.5. The van der Waals surface area contributed by atoms with Gasteiger partial charge in [-0.15, -0.1) is 0 Å². The van der Waals surface area contributed by atoms with Gasteiger partial charge in [-0.3, -0.25) is 9.69 Å². The number of rotatable bonds is 4. The van der Waals surface area contributed by atoms with E-state index < -0.39 is 0 Å². The van der Waals surface area contributed by atoms with Gasteiger partial charge in [0, 0.05) is 24.7 Å². The molecule has 2 aliphatic rings. The van der Waals surface area contributed by atoms with Crippen LogP contribution in [0.25, 0.3) is 0 Å². The summed E-state index contributed by atoms with van der Waals surface area (Å²) in [6.45, 7) is 2.75. The van der Waals surface area contributed by atoms with Gasteiger partial charge in [-0.2, -0.15) is 5.10 Å². The number of benzene rings is 2. The lowest BCUT2D eigenvalue weighted by Gasteiger charge is -2.29. The first-order valence-corrected chi connectivity index (χ1v) is 9.10. The molecule has 0 aliphatic carbocycles. The molecule has 0 radical (unpaired) electrons. The van der Waals surface area contributed by atoms with Crippen LogP contribution in [0.5, 0.6) is 5.75 Å². The van der Waals surface area contributed by atoms with Crippen molar-refractivity contribution in [2.24, 2.45) is 11.0 Å². The summed E-state index contributed by atoms with van der Waals surface area (Å²) in [5.74, 6) is 0.153. The van der Waals surface area contributed by atoms with E-state index in [0.29, 0.717) is 13.1 Å². The van der Waals surface area contributed by atoms with Crippen LogP contribution in [0, 0.1) is 5.92 Å². The molecule has 1 amide bonds. The zero-order chi connectivity index (χ0) is 18.1. The fourth-order valence-corrected chi connectivity index (χ4v) is 3.83. The monoisotopic (exact) mass is 369 g/mol. The van der Waals surface area contributed by atoms with Crippen LogP contribution in [0.2, 0.25) is 5.02 Å². The van der Waals surface area contributed by atoms with E-state index in [1.165, 1.54) is 5.01 Å². The van der Waals surface area contributed by atoms with Gasteiger partial charge in [0.05, 0.1) is 18.2 Å². The Labute approximate surface area is 157 Å². The van der Waals surface area contributed by atoms with Crippen molar-refractivity contribution in [1.82, 2.24) is 9.91 Å². The number of likely N-dealkylation sites (tertiary alicyclic amines) is 1. The van der Waals surface area contributed by atoms with Crippen molar-refractivity contribution in [3.63, 3.8) is 0 Å². The van der Waals surface area contributed by atoms with E-state index in [-0.39, 0.29) is 17.6 Å². The quantitative estimate of drug-likeness (QED) is 0.899. The zero-order valence-corrected chi connectivity index (χ0v) is 15.1. The van der Waals surface area contributed by atoms with Gasteiger partial charge < -0.3 is 5.11 Å². The van der Waals surface area contributed by atoms with Gasteiger partial charge in [0.25, 0.3) is 5.91 Å². The van der Waals surface area contributed by atoms with Crippen LogP contribution < -0.4 is 0 Å². The van der Waals surface area contributed by atoms with Crippen molar-refractivity contribution in [1.29, 1.82) is 0 Å². The fourth-order valence-electron chi connectivity index (χ4n) is 3.62. The predicted octanol–water partition coefficient (Wildman–Crippen LogP) is 3.27. The highest BCUT2D eigenvalue weighted by molar-refractivity contribution is 6.30. The fraction of sp³-hybridized carbons (Fsp3) is 0.300. The largest absolute Gasteiger partial charge is 0.508 e. The van der Waals surface area contributed by atoms with Gasteiger partial charge in [0.2, 0.25) is 0 Å². The van der Waals surface area contributed by atoms with Gasteiger partial charge in [0.15, 0.2) is 0 Å². The van der Waals surface area contributed by atoms with E-state index >= 15 is 0 Å². The number of nitrogens with zero attached hydrogens (tertiary/aromatic N) is 3. The number of aromatic hydroxyl groups is 1. The molecule has 5 nitrogen and oxygen atoms in total. The number of piperidine rings is 1. The number of carbonyl (C=O) groups excluding carboxylic acids is 1. The molecule has 2 heterocycles. The third kappa shape index (κ3) is 3.59. The first kappa shape index (κ1) is 17.1. The van der Waals surface area contributed by atoms with E-state index in [2.05, 4.69) is 16.1 Å². The van der Waals surface area contributed by atoms with Gasteiger partial charge in [-0.25, -0.2) is 5.01 Å². The summed E-state index contributed by atoms with van der Waals surface area (Å²) < 4.78 is 0. The molecule has 4 rings (SSSR count). The van der Waals surface area contributed by atoms with Gasteiger partial charge in [-0.05, 0) is 41.8 Å². The maximum Gasteiger partial charge on any atom is 0.251 e. The Balaban J connectivity index is 1.45. The summed E-state index contributed by atoms with van der Waals surface area (Å²) in [7, 11) is 0. The first-order chi connectivity index (χ1) is 12.6. The minimum Gasteiger partial charge on any atom is -0.508 e. The Kier molecular flexibility index (Phi) is 4.66. The number of phenols is 1. The second-order valence-electron chi connectivity index (χ2n) is 6.84. The molecule has 6 heteroatoms. The number of amides is 1. The number of hydrazone groups is 1. The van der Waals surface area contributed by atoms with Crippen LogP contribution in [0.4, 0.5) is 0 Å². The molecule has 1 N–H and O–H groups in total. The number of halogens is 1. The summed E-state index contributed by atoms with van der Waals surface area (Å²) in [5, 5.41) is 16.5. The maximum atomic E-state index is 12.7. The lowest BCUT2D eigenvalue weighted by Crippen LogP contribution is -2.41. The number of hydrogen-bond acceptors (Lipinski definition) is 4. The lowest BCUT2D eigenvalue weighted by atomic mass is 9.94. The third-order valence-electron chi connectivity index (χ3n) is 4.86. The molecule has 0 bridgehead atoms. The average molecular weight is 370 g/mol. The Morgan fingerprint density at radius 2 is 1.88 bits per heavy atom. The zero-order valence-electron chi connectivity index (χ0n) is 14.3. The van der Waals surface area contributed by atoms with Gasteiger partial charge >= 0.3 is 0 Å². The molecule has 2 aromatic rings. The molecule has 26 heavy (non-hydrogen) atoms. The van der Waals surface area contributed by atoms with Crippen molar-refractivity contribution in [2.45, 2.75) is 19.5 Å². The summed E-state index contributed by atoms with van der Waals surface area (Å²) >= 11 is 6.07. The molecule has 1 fully saturated rings. The molecule has 0 saturated carbocycles. The van der Waals surface area contributed by atoms with Crippen LogP contribution in [0.1, 0.15) is 17.5 Å². The SMILES string of the molecule is O=C1C2CCN(Cc3cccc(Cl)c3)CC2=NN1Cc1cccc(O)c1. The Hall–Kier alpha value is -2.37. The van der Waals surface area contributed by atoms with E-state index in [1.54, 1.807) is 18.2 Å². The number of hydrogen-bond donors (Lipinski definition) is 1. The van der Waals surface area contributed by atoms with Gasteiger partial charge in [-0.1, -0.05) is 35.9 Å². The van der Waals surface area contributed by atoms with Gasteiger partial charge in [0.1, 0.15) is 5.75 Å². The van der Waals surface area contributed by atoms with E-state index in [4.69, 9.17) is 11.6 Å².